The van der Waals surface area contributed by atoms with Gasteiger partial charge in [0.05, 0.1) is 6.04 Å². The van der Waals surface area contributed by atoms with Crippen LogP contribution in [0.4, 0.5) is 0 Å². The molecule has 68 valence electrons. The molecule has 0 bridgehead atoms. The molecule has 0 aromatic carbocycles. The van der Waals surface area contributed by atoms with Crippen LogP contribution in [0.2, 0.25) is 0 Å². The first kappa shape index (κ1) is 8.69. The van der Waals surface area contributed by atoms with E-state index in [-0.39, 0.29) is 0 Å². The SMILES string of the molecule is Cc1cnc(C2=N[C@H](C)CS2)nc1. The molecule has 1 atom stereocenters. The molecule has 0 radical (unpaired) electrons. The summed E-state index contributed by atoms with van der Waals surface area (Å²) in [5.41, 5.74) is 1.08. The normalized spacial score (nSPS) is 21.7. The highest BCUT2D eigenvalue weighted by molar-refractivity contribution is 8.14. The average Bonchev–Trinajstić information content (AvgIpc) is 2.53. The van der Waals surface area contributed by atoms with Crippen LogP contribution in [0.1, 0.15) is 18.3 Å². The topological polar surface area (TPSA) is 38.1 Å². The maximum atomic E-state index is 4.44. The Morgan fingerprint density at radius 1 is 1.38 bits per heavy atom. The molecule has 3 nitrogen and oxygen atoms in total. The molecule has 1 aromatic rings. The van der Waals surface area contributed by atoms with E-state index in [2.05, 4.69) is 21.9 Å². The maximum Gasteiger partial charge on any atom is 0.184 e. The van der Waals surface area contributed by atoms with Crippen LogP contribution in [0.25, 0.3) is 0 Å². The summed E-state index contributed by atoms with van der Waals surface area (Å²) < 4.78 is 0. The van der Waals surface area contributed by atoms with Gasteiger partial charge in [-0.25, -0.2) is 9.97 Å². The number of nitrogens with zero attached hydrogens (tertiary/aromatic N) is 3. The lowest BCUT2D eigenvalue weighted by Gasteiger charge is -1.96. The van der Waals surface area contributed by atoms with Crippen molar-refractivity contribution < 1.29 is 0 Å². The van der Waals surface area contributed by atoms with Crippen molar-refractivity contribution in [1.82, 2.24) is 9.97 Å². The van der Waals surface area contributed by atoms with Gasteiger partial charge in [-0.2, -0.15) is 0 Å². The Bertz CT molecular complexity index is 331. The van der Waals surface area contributed by atoms with Crippen LogP contribution < -0.4 is 0 Å². The highest BCUT2D eigenvalue weighted by Gasteiger charge is 2.17. The Morgan fingerprint density at radius 3 is 2.62 bits per heavy atom. The lowest BCUT2D eigenvalue weighted by Crippen LogP contribution is -2.00. The molecule has 4 heteroatoms. The van der Waals surface area contributed by atoms with Crippen LogP contribution in [0, 0.1) is 6.92 Å². The van der Waals surface area contributed by atoms with Gasteiger partial charge in [0.2, 0.25) is 0 Å². The summed E-state index contributed by atoms with van der Waals surface area (Å²) in [7, 11) is 0. The molecule has 0 N–H and O–H groups in total. The van der Waals surface area contributed by atoms with E-state index in [0.29, 0.717) is 6.04 Å². The molecular formula is C9H11N3S. The van der Waals surface area contributed by atoms with E-state index < -0.39 is 0 Å². The van der Waals surface area contributed by atoms with E-state index in [4.69, 9.17) is 0 Å². The zero-order valence-corrected chi connectivity index (χ0v) is 8.51. The molecule has 0 amide bonds. The molecule has 0 saturated carbocycles. The molecule has 0 aliphatic carbocycles. The molecular weight excluding hydrogens is 182 g/mol. The number of thioether (sulfide) groups is 1. The van der Waals surface area contributed by atoms with Gasteiger partial charge in [-0.05, 0) is 19.4 Å². The lowest BCUT2D eigenvalue weighted by atomic mass is 10.4. The maximum absolute atomic E-state index is 4.44. The van der Waals surface area contributed by atoms with E-state index in [1.807, 2.05) is 19.3 Å². The van der Waals surface area contributed by atoms with Crippen LogP contribution in [-0.2, 0) is 0 Å². The van der Waals surface area contributed by atoms with Crippen LogP contribution >= 0.6 is 11.8 Å². The minimum Gasteiger partial charge on any atom is -0.271 e. The van der Waals surface area contributed by atoms with Crippen molar-refractivity contribution in [3.63, 3.8) is 0 Å². The Kier molecular flexibility index (Phi) is 2.31. The molecule has 0 spiro atoms. The summed E-state index contributed by atoms with van der Waals surface area (Å²) in [6.45, 7) is 4.09. The summed E-state index contributed by atoms with van der Waals surface area (Å²) in [6, 6.07) is 0.407. The monoisotopic (exact) mass is 193 g/mol. The second-order valence-corrected chi connectivity index (χ2v) is 4.19. The number of hydrogen-bond donors (Lipinski definition) is 0. The van der Waals surface area contributed by atoms with Gasteiger partial charge in [0.25, 0.3) is 0 Å². The summed E-state index contributed by atoms with van der Waals surface area (Å²) in [5.74, 6) is 1.81. The lowest BCUT2D eigenvalue weighted by molar-refractivity contribution is 0.863. The first-order valence-electron chi connectivity index (χ1n) is 4.25. The van der Waals surface area contributed by atoms with Gasteiger partial charge in [0.1, 0.15) is 5.04 Å². The van der Waals surface area contributed by atoms with Crippen LogP contribution in [0.5, 0.6) is 0 Å². The first-order chi connectivity index (χ1) is 6.25. The second kappa shape index (κ2) is 3.46. The van der Waals surface area contributed by atoms with Gasteiger partial charge in [-0.1, -0.05) is 0 Å². The Hall–Kier alpha value is -0.900. The molecule has 1 aliphatic rings. The van der Waals surface area contributed by atoms with Gasteiger partial charge in [-0.3, -0.25) is 4.99 Å². The third-order valence-electron chi connectivity index (χ3n) is 1.77. The number of hydrogen-bond acceptors (Lipinski definition) is 4. The van der Waals surface area contributed by atoms with Crippen molar-refractivity contribution in [3.8, 4) is 0 Å². The highest BCUT2D eigenvalue weighted by Crippen LogP contribution is 2.20. The molecule has 0 saturated heterocycles. The molecule has 2 rings (SSSR count). The van der Waals surface area contributed by atoms with Gasteiger partial charge in [0.15, 0.2) is 5.82 Å². The van der Waals surface area contributed by atoms with E-state index in [9.17, 15) is 0 Å². The molecule has 0 fully saturated rings. The predicted octanol–water partition coefficient (Wildman–Crippen LogP) is 1.67. The van der Waals surface area contributed by atoms with Crippen molar-refractivity contribution >= 4 is 16.8 Å². The Balaban J connectivity index is 2.26. The van der Waals surface area contributed by atoms with E-state index in [1.165, 1.54) is 0 Å². The third kappa shape index (κ3) is 1.88. The van der Waals surface area contributed by atoms with E-state index in [1.54, 1.807) is 11.8 Å². The van der Waals surface area contributed by atoms with Crippen molar-refractivity contribution in [3.05, 3.63) is 23.8 Å². The highest BCUT2D eigenvalue weighted by atomic mass is 32.2. The molecule has 1 aromatic heterocycles. The summed E-state index contributed by atoms with van der Waals surface area (Å²) in [4.78, 5) is 12.9. The average molecular weight is 193 g/mol. The summed E-state index contributed by atoms with van der Waals surface area (Å²) in [5, 5.41) is 0.979. The van der Waals surface area contributed by atoms with E-state index >= 15 is 0 Å². The van der Waals surface area contributed by atoms with Crippen molar-refractivity contribution in [1.29, 1.82) is 0 Å². The van der Waals surface area contributed by atoms with Crippen molar-refractivity contribution in [2.45, 2.75) is 19.9 Å². The third-order valence-corrected chi connectivity index (χ3v) is 2.98. The standard InChI is InChI=1S/C9H11N3S/c1-6-3-10-8(11-4-6)9-12-7(2)5-13-9/h3-4,7H,5H2,1-2H3/t7-/m1/s1. The fraction of sp³-hybridized carbons (Fsp3) is 0.444. The van der Waals surface area contributed by atoms with Crippen LogP contribution in [-0.4, -0.2) is 26.8 Å². The fourth-order valence-electron chi connectivity index (χ4n) is 1.10. The Morgan fingerprint density at radius 2 is 2.08 bits per heavy atom. The molecule has 0 unspecified atom stereocenters. The van der Waals surface area contributed by atoms with Crippen molar-refractivity contribution in [2.75, 3.05) is 5.75 Å². The minimum absolute atomic E-state index is 0.407. The van der Waals surface area contributed by atoms with Crippen LogP contribution in [0.15, 0.2) is 17.4 Å². The largest absolute Gasteiger partial charge is 0.271 e. The molecule has 1 aliphatic heterocycles. The quantitative estimate of drug-likeness (QED) is 0.681. The second-order valence-electron chi connectivity index (χ2n) is 3.18. The molecule has 13 heavy (non-hydrogen) atoms. The summed E-state index contributed by atoms with van der Waals surface area (Å²) in [6.07, 6.45) is 3.66. The van der Waals surface area contributed by atoms with Gasteiger partial charge >= 0.3 is 0 Å². The van der Waals surface area contributed by atoms with Gasteiger partial charge in [-0.15, -0.1) is 11.8 Å². The van der Waals surface area contributed by atoms with Gasteiger partial charge < -0.3 is 0 Å². The van der Waals surface area contributed by atoms with Gasteiger partial charge in [0, 0.05) is 18.1 Å². The smallest absolute Gasteiger partial charge is 0.184 e. The number of rotatable bonds is 1. The Labute approximate surface area is 81.7 Å². The fourth-order valence-corrected chi connectivity index (χ4v) is 2.06. The number of aliphatic imine (C=N–C) groups is 1. The summed E-state index contributed by atoms with van der Waals surface area (Å²) >= 11 is 1.73. The number of aryl methyl sites for hydroxylation is 1. The van der Waals surface area contributed by atoms with E-state index in [0.717, 1.165) is 22.2 Å². The van der Waals surface area contributed by atoms with Crippen molar-refractivity contribution in [2.24, 2.45) is 4.99 Å². The zero-order chi connectivity index (χ0) is 9.26. The van der Waals surface area contributed by atoms with Crippen LogP contribution in [0.3, 0.4) is 0 Å². The zero-order valence-electron chi connectivity index (χ0n) is 7.69. The molecule has 2 heterocycles. The number of aromatic nitrogens is 2. The minimum atomic E-state index is 0.407. The predicted molar refractivity (Wildman–Crippen MR) is 55.2 cm³/mol. The first-order valence-corrected chi connectivity index (χ1v) is 5.24.